The molecule has 1 aromatic heterocycles. The molecule has 0 aliphatic carbocycles. The lowest BCUT2D eigenvalue weighted by molar-refractivity contribution is 0.143. The van der Waals surface area contributed by atoms with Crippen molar-refractivity contribution in [3.8, 4) is 11.8 Å². The lowest BCUT2D eigenvalue weighted by atomic mass is 9.94. The van der Waals surface area contributed by atoms with Gasteiger partial charge in [0.05, 0.1) is 0 Å². The van der Waals surface area contributed by atoms with Crippen LogP contribution in [0, 0.1) is 11.8 Å². The van der Waals surface area contributed by atoms with Gasteiger partial charge in [-0.3, -0.25) is 10.00 Å². The smallest absolute Gasteiger partial charge is 0.120 e. The maximum Gasteiger partial charge on any atom is 0.120 e. The molecule has 1 fully saturated rings. The molecule has 0 radical (unpaired) electrons. The minimum atomic E-state index is -0.950. The zero-order valence-corrected chi connectivity index (χ0v) is 14.4. The van der Waals surface area contributed by atoms with E-state index in [1.54, 1.807) is 13.8 Å². The Bertz CT molecular complexity index is 702. The molecule has 0 unspecified atom stereocenters. The average molecular weight is 323 g/mol. The molecule has 1 aromatic carbocycles. The summed E-state index contributed by atoms with van der Waals surface area (Å²) in [5.41, 5.74) is 2.54. The second-order valence-electron chi connectivity index (χ2n) is 7.09. The molecule has 3 rings (SSSR count). The number of nitrogens with one attached hydrogen (secondary N) is 1. The Morgan fingerprint density at radius 1 is 1.29 bits per heavy atom. The number of hydrogen-bond acceptors (Lipinski definition) is 3. The number of aromatic amines is 1. The zero-order valence-electron chi connectivity index (χ0n) is 14.4. The molecular weight excluding hydrogens is 298 g/mol. The molecule has 1 aliphatic heterocycles. The van der Waals surface area contributed by atoms with E-state index >= 15 is 0 Å². The first kappa shape index (κ1) is 16.8. The van der Waals surface area contributed by atoms with Crippen LogP contribution >= 0.6 is 0 Å². The van der Waals surface area contributed by atoms with Gasteiger partial charge in [-0.2, -0.15) is 5.10 Å². The predicted octanol–water partition coefficient (Wildman–Crippen LogP) is 2.91. The summed E-state index contributed by atoms with van der Waals surface area (Å²) in [5.74, 6) is 6.42. The van der Waals surface area contributed by atoms with E-state index in [1.165, 1.54) is 24.1 Å². The zero-order chi connectivity index (χ0) is 17.0. The molecule has 0 spiro atoms. The third kappa shape index (κ3) is 4.70. The van der Waals surface area contributed by atoms with Crippen LogP contribution in [-0.4, -0.2) is 38.9 Å². The number of rotatable bonds is 3. The number of benzene rings is 1. The van der Waals surface area contributed by atoms with Crippen molar-refractivity contribution in [3.63, 3.8) is 0 Å². The molecule has 1 atom stereocenters. The largest absolute Gasteiger partial charge is 0.378 e. The van der Waals surface area contributed by atoms with Gasteiger partial charge in [0, 0.05) is 36.5 Å². The molecule has 2 N–H and O–H groups in total. The number of aromatic nitrogens is 2. The third-order valence-corrected chi connectivity index (χ3v) is 4.34. The third-order valence-electron chi connectivity index (χ3n) is 4.34. The number of likely N-dealkylation sites (tertiary alicyclic amines) is 1. The molecule has 1 aliphatic rings. The topological polar surface area (TPSA) is 52.1 Å². The van der Waals surface area contributed by atoms with Crippen LogP contribution in [-0.2, 0) is 6.54 Å². The highest BCUT2D eigenvalue weighted by Crippen LogP contribution is 2.26. The molecule has 0 amide bonds. The van der Waals surface area contributed by atoms with E-state index < -0.39 is 5.60 Å². The number of H-pyrrole nitrogens is 1. The Morgan fingerprint density at radius 2 is 2.08 bits per heavy atom. The first-order chi connectivity index (χ1) is 11.5. The fraction of sp³-hybridized carbons (Fsp3) is 0.450. The quantitative estimate of drug-likeness (QED) is 0.854. The SMILES string of the molecule is CC(C)(O)C#Cc1ccc(CN2CCC[C@@H](c3ccn[nH]3)C2)cc1. The van der Waals surface area contributed by atoms with Gasteiger partial charge in [0.2, 0.25) is 0 Å². The number of nitrogens with zero attached hydrogens (tertiary/aromatic N) is 2. The van der Waals surface area contributed by atoms with Crippen LogP contribution in [0.5, 0.6) is 0 Å². The highest BCUT2D eigenvalue weighted by atomic mass is 16.3. The van der Waals surface area contributed by atoms with E-state index in [9.17, 15) is 5.11 Å². The maximum atomic E-state index is 9.67. The normalized spacial score (nSPS) is 18.9. The van der Waals surface area contributed by atoms with Gasteiger partial charge in [0.25, 0.3) is 0 Å². The molecule has 4 heteroatoms. The number of piperidine rings is 1. The summed E-state index contributed by atoms with van der Waals surface area (Å²) in [6.45, 7) is 6.57. The summed E-state index contributed by atoms with van der Waals surface area (Å²) in [7, 11) is 0. The fourth-order valence-corrected chi connectivity index (χ4v) is 3.12. The summed E-state index contributed by atoms with van der Waals surface area (Å²) >= 11 is 0. The Balaban J connectivity index is 1.60. The van der Waals surface area contributed by atoms with Gasteiger partial charge in [0.1, 0.15) is 5.60 Å². The van der Waals surface area contributed by atoms with E-state index in [-0.39, 0.29) is 0 Å². The van der Waals surface area contributed by atoms with E-state index in [0.717, 1.165) is 25.2 Å². The summed E-state index contributed by atoms with van der Waals surface area (Å²) in [6.07, 6.45) is 4.28. The molecule has 0 bridgehead atoms. The van der Waals surface area contributed by atoms with Crippen molar-refractivity contribution in [3.05, 3.63) is 53.3 Å². The molecule has 2 heterocycles. The first-order valence-corrected chi connectivity index (χ1v) is 8.56. The van der Waals surface area contributed by atoms with Crippen molar-refractivity contribution in [2.24, 2.45) is 0 Å². The lowest BCUT2D eigenvalue weighted by Crippen LogP contribution is -2.34. The average Bonchev–Trinajstić information content (AvgIpc) is 3.08. The molecule has 1 saturated heterocycles. The van der Waals surface area contributed by atoms with Crippen molar-refractivity contribution < 1.29 is 5.11 Å². The molecule has 4 nitrogen and oxygen atoms in total. The first-order valence-electron chi connectivity index (χ1n) is 8.56. The van der Waals surface area contributed by atoms with Crippen LogP contribution in [0.25, 0.3) is 0 Å². The molecular formula is C20H25N3O. The maximum absolute atomic E-state index is 9.67. The van der Waals surface area contributed by atoms with Crippen molar-refractivity contribution in [2.45, 2.75) is 44.8 Å². The Labute approximate surface area is 143 Å². The van der Waals surface area contributed by atoms with Gasteiger partial charge >= 0.3 is 0 Å². The summed E-state index contributed by atoms with van der Waals surface area (Å²) in [6, 6.07) is 10.4. The van der Waals surface area contributed by atoms with Crippen molar-refractivity contribution in [1.29, 1.82) is 0 Å². The van der Waals surface area contributed by atoms with Gasteiger partial charge < -0.3 is 5.11 Å². The summed E-state index contributed by atoms with van der Waals surface area (Å²) in [4.78, 5) is 2.51. The standard InChI is InChI=1S/C20H25N3O/c1-20(2,24)11-9-16-5-7-17(8-6-16)14-23-13-3-4-18(15-23)19-10-12-21-22-19/h5-8,10,12,18,24H,3-4,13-15H2,1-2H3,(H,21,22)/t18-/m1/s1. The van der Waals surface area contributed by atoms with Gasteiger partial charge in [-0.15, -0.1) is 0 Å². The van der Waals surface area contributed by atoms with Crippen molar-refractivity contribution in [1.82, 2.24) is 15.1 Å². The minimum Gasteiger partial charge on any atom is -0.378 e. The molecule has 2 aromatic rings. The second-order valence-corrected chi connectivity index (χ2v) is 7.09. The van der Waals surface area contributed by atoms with Gasteiger partial charge in [0.15, 0.2) is 0 Å². The molecule has 24 heavy (non-hydrogen) atoms. The van der Waals surface area contributed by atoms with Crippen LogP contribution < -0.4 is 0 Å². The Kier molecular flexibility index (Phi) is 5.03. The fourth-order valence-electron chi connectivity index (χ4n) is 3.12. The lowest BCUT2D eigenvalue weighted by Gasteiger charge is -2.32. The summed E-state index contributed by atoms with van der Waals surface area (Å²) < 4.78 is 0. The molecule has 126 valence electrons. The monoisotopic (exact) mass is 323 g/mol. The van der Waals surface area contributed by atoms with Crippen LogP contribution in [0.15, 0.2) is 36.5 Å². The highest BCUT2D eigenvalue weighted by molar-refractivity contribution is 5.37. The van der Waals surface area contributed by atoms with Crippen LogP contribution in [0.1, 0.15) is 49.4 Å². The number of hydrogen-bond donors (Lipinski definition) is 2. The van der Waals surface area contributed by atoms with Gasteiger partial charge in [-0.25, -0.2) is 0 Å². The van der Waals surface area contributed by atoms with Crippen molar-refractivity contribution in [2.75, 3.05) is 13.1 Å². The van der Waals surface area contributed by atoms with Crippen LogP contribution in [0.4, 0.5) is 0 Å². The predicted molar refractivity (Wildman–Crippen MR) is 95.5 cm³/mol. The van der Waals surface area contributed by atoms with E-state index in [2.05, 4.69) is 45.1 Å². The van der Waals surface area contributed by atoms with E-state index in [1.807, 2.05) is 18.3 Å². The van der Waals surface area contributed by atoms with Gasteiger partial charge in [-0.1, -0.05) is 24.0 Å². The van der Waals surface area contributed by atoms with Crippen molar-refractivity contribution >= 4 is 0 Å². The van der Waals surface area contributed by atoms with Crippen LogP contribution in [0.2, 0.25) is 0 Å². The Morgan fingerprint density at radius 3 is 2.75 bits per heavy atom. The minimum absolute atomic E-state index is 0.554. The second kappa shape index (κ2) is 7.21. The van der Waals surface area contributed by atoms with E-state index in [4.69, 9.17) is 0 Å². The number of aliphatic hydroxyl groups is 1. The highest BCUT2D eigenvalue weighted by Gasteiger charge is 2.22. The van der Waals surface area contributed by atoms with E-state index in [0.29, 0.717) is 5.92 Å². The Hall–Kier alpha value is -2.09. The molecule has 0 saturated carbocycles. The van der Waals surface area contributed by atoms with Gasteiger partial charge in [-0.05, 0) is 57.0 Å². The van der Waals surface area contributed by atoms with Crippen LogP contribution in [0.3, 0.4) is 0 Å². The summed E-state index contributed by atoms with van der Waals surface area (Å²) in [5, 5.41) is 16.9.